The predicted molar refractivity (Wildman–Crippen MR) is 75.1 cm³/mol. The van der Waals surface area contributed by atoms with Crippen LogP contribution in [-0.4, -0.2) is 4.98 Å². The number of hydrogen-bond acceptors (Lipinski definition) is 1. The number of hydrogen-bond donors (Lipinski definition) is 0. The number of allylic oxidation sites excluding steroid dienone is 2. The fourth-order valence-corrected chi connectivity index (χ4v) is 1.88. The van der Waals surface area contributed by atoms with Crippen molar-refractivity contribution in [2.24, 2.45) is 0 Å². The lowest BCUT2D eigenvalue weighted by Gasteiger charge is -1.97. The number of rotatable bonds is 9. The van der Waals surface area contributed by atoms with Gasteiger partial charge in [0.05, 0.1) is 0 Å². The maximum Gasteiger partial charge on any atom is 0.0406 e. The molecule has 0 saturated carbocycles. The Kier molecular flexibility index (Phi) is 8.27. The van der Waals surface area contributed by atoms with E-state index >= 15 is 0 Å². The van der Waals surface area contributed by atoms with Crippen LogP contribution >= 0.6 is 0 Å². The van der Waals surface area contributed by atoms with Gasteiger partial charge in [-0.25, -0.2) is 0 Å². The second-order valence-corrected chi connectivity index (χ2v) is 4.53. The van der Waals surface area contributed by atoms with Crippen LogP contribution in [-0.2, 0) is 6.42 Å². The minimum absolute atomic E-state index is 1.06. The van der Waals surface area contributed by atoms with Gasteiger partial charge in [-0.2, -0.15) is 0 Å². The second kappa shape index (κ2) is 10.1. The predicted octanol–water partition coefficient (Wildman–Crippen LogP) is 4.93. The SMILES string of the molecule is CCCCCCCC=CCCc1ccccn1. The number of pyridine rings is 1. The first-order valence-electron chi connectivity index (χ1n) is 6.98. The molecule has 0 saturated heterocycles. The first-order chi connectivity index (χ1) is 8.43. The van der Waals surface area contributed by atoms with Crippen LogP contribution in [0.25, 0.3) is 0 Å². The van der Waals surface area contributed by atoms with Crippen LogP contribution in [0.2, 0.25) is 0 Å². The van der Waals surface area contributed by atoms with Gasteiger partial charge in [-0.05, 0) is 37.8 Å². The van der Waals surface area contributed by atoms with Crippen molar-refractivity contribution in [2.45, 2.75) is 58.3 Å². The van der Waals surface area contributed by atoms with Crippen LogP contribution in [0.15, 0.2) is 36.5 Å². The lowest BCUT2D eigenvalue weighted by atomic mass is 10.1. The molecule has 0 aromatic carbocycles. The molecule has 1 aromatic heterocycles. The summed E-state index contributed by atoms with van der Waals surface area (Å²) in [5.74, 6) is 0. The normalized spacial score (nSPS) is 11.1. The van der Waals surface area contributed by atoms with Crippen molar-refractivity contribution in [2.75, 3.05) is 0 Å². The van der Waals surface area contributed by atoms with E-state index in [1.165, 1.54) is 44.2 Å². The fourth-order valence-electron chi connectivity index (χ4n) is 1.88. The lowest BCUT2D eigenvalue weighted by molar-refractivity contribution is 0.637. The van der Waals surface area contributed by atoms with Crippen LogP contribution in [0.1, 0.15) is 57.6 Å². The van der Waals surface area contributed by atoms with E-state index in [9.17, 15) is 0 Å². The van der Waals surface area contributed by atoms with Crippen molar-refractivity contribution in [1.29, 1.82) is 0 Å². The molecular formula is C16H25N. The molecule has 17 heavy (non-hydrogen) atoms. The van der Waals surface area contributed by atoms with E-state index in [0.717, 1.165) is 12.8 Å². The molecule has 1 heterocycles. The van der Waals surface area contributed by atoms with E-state index in [1.807, 2.05) is 12.3 Å². The van der Waals surface area contributed by atoms with E-state index in [2.05, 4.69) is 36.2 Å². The minimum Gasteiger partial charge on any atom is -0.261 e. The average molecular weight is 231 g/mol. The third kappa shape index (κ3) is 7.73. The van der Waals surface area contributed by atoms with Crippen LogP contribution in [0, 0.1) is 0 Å². The van der Waals surface area contributed by atoms with Crippen molar-refractivity contribution in [1.82, 2.24) is 4.98 Å². The van der Waals surface area contributed by atoms with Crippen molar-refractivity contribution in [3.8, 4) is 0 Å². The zero-order valence-electron chi connectivity index (χ0n) is 11.1. The molecule has 0 spiro atoms. The van der Waals surface area contributed by atoms with Gasteiger partial charge in [0.25, 0.3) is 0 Å². The first kappa shape index (κ1) is 14.0. The van der Waals surface area contributed by atoms with Crippen LogP contribution in [0.5, 0.6) is 0 Å². The Morgan fingerprint density at radius 2 is 1.82 bits per heavy atom. The van der Waals surface area contributed by atoms with Gasteiger partial charge >= 0.3 is 0 Å². The molecular weight excluding hydrogens is 206 g/mol. The number of nitrogens with zero attached hydrogens (tertiary/aromatic N) is 1. The molecule has 0 N–H and O–H groups in total. The van der Waals surface area contributed by atoms with Crippen LogP contribution in [0.4, 0.5) is 0 Å². The van der Waals surface area contributed by atoms with Gasteiger partial charge in [0.15, 0.2) is 0 Å². The van der Waals surface area contributed by atoms with Gasteiger partial charge in [-0.1, -0.05) is 50.8 Å². The topological polar surface area (TPSA) is 12.9 Å². The Bertz CT molecular complexity index is 290. The molecule has 0 radical (unpaired) electrons. The first-order valence-corrected chi connectivity index (χ1v) is 6.98. The van der Waals surface area contributed by atoms with Gasteiger partial charge in [-0.3, -0.25) is 4.98 Å². The summed E-state index contributed by atoms with van der Waals surface area (Å²) in [7, 11) is 0. The molecule has 1 heteroatoms. The molecule has 0 bridgehead atoms. The van der Waals surface area contributed by atoms with Crippen molar-refractivity contribution in [3.05, 3.63) is 42.2 Å². The van der Waals surface area contributed by atoms with E-state index in [1.54, 1.807) is 0 Å². The Balaban J connectivity index is 1.96. The van der Waals surface area contributed by atoms with Crippen molar-refractivity contribution >= 4 is 0 Å². The summed E-state index contributed by atoms with van der Waals surface area (Å²) >= 11 is 0. The zero-order valence-corrected chi connectivity index (χ0v) is 11.1. The number of aryl methyl sites for hydroxylation is 1. The molecule has 1 rings (SSSR count). The quantitative estimate of drug-likeness (QED) is 0.434. The molecule has 0 atom stereocenters. The summed E-state index contributed by atoms with van der Waals surface area (Å²) in [5.41, 5.74) is 1.19. The highest BCUT2D eigenvalue weighted by Crippen LogP contribution is 2.06. The summed E-state index contributed by atoms with van der Waals surface area (Å²) in [6, 6.07) is 6.12. The number of aromatic nitrogens is 1. The summed E-state index contributed by atoms with van der Waals surface area (Å²) < 4.78 is 0. The Labute approximate surface area is 106 Å². The van der Waals surface area contributed by atoms with Crippen LogP contribution in [0.3, 0.4) is 0 Å². The van der Waals surface area contributed by atoms with Gasteiger partial charge in [-0.15, -0.1) is 0 Å². The fraction of sp³-hybridized carbons (Fsp3) is 0.562. The van der Waals surface area contributed by atoms with Gasteiger partial charge in [0, 0.05) is 11.9 Å². The summed E-state index contributed by atoms with van der Waals surface area (Å²) in [4.78, 5) is 4.31. The van der Waals surface area contributed by atoms with Gasteiger partial charge in [0.2, 0.25) is 0 Å². The van der Waals surface area contributed by atoms with Gasteiger partial charge < -0.3 is 0 Å². The molecule has 0 aliphatic heterocycles. The van der Waals surface area contributed by atoms with Gasteiger partial charge in [0.1, 0.15) is 0 Å². The molecule has 1 nitrogen and oxygen atoms in total. The zero-order chi connectivity index (χ0) is 12.2. The maximum atomic E-state index is 4.31. The van der Waals surface area contributed by atoms with E-state index in [0.29, 0.717) is 0 Å². The molecule has 0 fully saturated rings. The van der Waals surface area contributed by atoms with E-state index in [-0.39, 0.29) is 0 Å². The Hall–Kier alpha value is -1.11. The monoisotopic (exact) mass is 231 g/mol. The molecule has 0 amide bonds. The Morgan fingerprint density at radius 1 is 1.00 bits per heavy atom. The van der Waals surface area contributed by atoms with Crippen LogP contribution < -0.4 is 0 Å². The van der Waals surface area contributed by atoms with E-state index < -0.39 is 0 Å². The highest BCUT2D eigenvalue weighted by atomic mass is 14.7. The molecule has 0 unspecified atom stereocenters. The third-order valence-corrected chi connectivity index (χ3v) is 2.93. The minimum atomic E-state index is 1.06. The molecule has 0 aliphatic carbocycles. The molecule has 0 aliphatic rings. The summed E-state index contributed by atoms with van der Waals surface area (Å²) in [6.07, 6.45) is 16.8. The maximum absolute atomic E-state index is 4.31. The highest BCUT2D eigenvalue weighted by molar-refractivity contribution is 5.04. The molecule has 94 valence electrons. The van der Waals surface area contributed by atoms with Crippen molar-refractivity contribution < 1.29 is 0 Å². The highest BCUT2D eigenvalue weighted by Gasteiger charge is 1.90. The molecule has 1 aromatic rings. The van der Waals surface area contributed by atoms with E-state index in [4.69, 9.17) is 0 Å². The van der Waals surface area contributed by atoms with Crippen molar-refractivity contribution in [3.63, 3.8) is 0 Å². The third-order valence-electron chi connectivity index (χ3n) is 2.93. The second-order valence-electron chi connectivity index (χ2n) is 4.53. The Morgan fingerprint density at radius 3 is 2.59 bits per heavy atom. The smallest absolute Gasteiger partial charge is 0.0406 e. The summed E-state index contributed by atoms with van der Waals surface area (Å²) in [5, 5.41) is 0. The largest absolute Gasteiger partial charge is 0.261 e. The number of unbranched alkanes of at least 4 members (excludes halogenated alkanes) is 5. The standard InChI is InChI=1S/C16H25N/c1-2-3-4-5-6-7-8-9-10-13-16-14-11-12-15-17-16/h8-9,11-12,14-15H,2-7,10,13H2,1H3. The average Bonchev–Trinajstić information content (AvgIpc) is 2.38. The lowest BCUT2D eigenvalue weighted by Crippen LogP contribution is -1.86. The summed E-state index contributed by atoms with van der Waals surface area (Å²) in [6.45, 7) is 2.26.